The van der Waals surface area contributed by atoms with E-state index in [9.17, 15) is 4.79 Å². The van der Waals surface area contributed by atoms with Gasteiger partial charge >= 0.3 is 5.97 Å². The van der Waals surface area contributed by atoms with Crippen LogP contribution in [0.4, 0.5) is 0 Å². The fourth-order valence-corrected chi connectivity index (χ4v) is 2.42. The summed E-state index contributed by atoms with van der Waals surface area (Å²) in [6.07, 6.45) is 1.77. The SMILES string of the molecule is NCCN1CCC(C(=O)OCc2ccccc2)CC1. The summed E-state index contributed by atoms with van der Waals surface area (Å²) in [5.74, 6) is -0.00557. The van der Waals surface area contributed by atoms with Crippen LogP contribution >= 0.6 is 0 Å². The van der Waals surface area contributed by atoms with Gasteiger partial charge in [-0.05, 0) is 31.5 Å². The molecule has 0 bridgehead atoms. The Kier molecular flexibility index (Phi) is 5.36. The van der Waals surface area contributed by atoms with Crippen molar-refractivity contribution in [3.05, 3.63) is 35.9 Å². The van der Waals surface area contributed by atoms with E-state index in [4.69, 9.17) is 10.5 Å². The minimum absolute atomic E-state index is 0.0535. The topological polar surface area (TPSA) is 55.6 Å². The largest absolute Gasteiger partial charge is 0.461 e. The first-order valence-electron chi connectivity index (χ1n) is 6.92. The van der Waals surface area contributed by atoms with Crippen molar-refractivity contribution < 1.29 is 9.53 Å². The number of hydrogen-bond donors (Lipinski definition) is 1. The van der Waals surface area contributed by atoms with E-state index in [1.807, 2.05) is 30.3 Å². The maximum Gasteiger partial charge on any atom is 0.309 e. The van der Waals surface area contributed by atoms with E-state index in [-0.39, 0.29) is 11.9 Å². The standard InChI is InChI=1S/C15H22N2O2/c16-8-11-17-9-6-14(7-10-17)15(18)19-12-13-4-2-1-3-5-13/h1-5,14H,6-12,16H2. The van der Waals surface area contributed by atoms with Crippen molar-refractivity contribution in [3.8, 4) is 0 Å². The van der Waals surface area contributed by atoms with Crippen LogP contribution in [0.15, 0.2) is 30.3 Å². The molecule has 104 valence electrons. The Bertz CT molecular complexity index is 386. The fourth-order valence-electron chi connectivity index (χ4n) is 2.42. The molecule has 0 radical (unpaired) electrons. The maximum atomic E-state index is 12.0. The normalized spacial score (nSPS) is 17.3. The van der Waals surface area contributed by atoms with Crippen LogP contribution in [0, 0.1) is 5.92 Å². The van der Waals surface area contributed by atoms with Crippen LogP contribution in [-0.4, -0.2) is 37.0 Å². The highest BCUT2D eigenvalue weighted by Gasteiger charge is 2.25. The quantitative estimate of drug-likeness (QED) is 0.815. The Morgan fingerprint density at radius 1 is 1.26 bits per heavy atom. The summed E-state index contributed by atoms with van der Waals surface area (Å²) in [5.41, 5.74) is 6.57. The molecule has 1 aromatic rings. The van der Waals surface area contributed by atoms with Gasteiger partial charge < -0.3 is 15.4 Å². The summed E-state index contributed by atoms with van der Waals surface area (Å²) in [6.45, 7) is 3.88. The first kappa shape index (κ1) is 14.0. The predicted octanol–water partition coefficient (Wildman–Crippen LogP) is 1.40. The van der Waals surface area contributed by atoms with E-state index in [1.54, 1.807) is 0 Å². The molecule has 1 heterocycles. The zero-order valence-electron chi connectivity index (χ0n) is 11.3. The Morgan fingerprint density at radius 2 is 1.95 bits per heavy atom. The molecule has 4 nitrogen and oxygen atoms in total. The number of benzene rings is 1. The smallest absolute Gasteiger partial charge is 0.309 e. The second-order valence-corrected chi connectivity index (χ2v) is 5.00. The number of piperidine rings is 1. The van der Waals surface area contributed by atoms with E-state index >= 15 is 0 Å². The van der Waals surface area contributed by atoms with E-state index < -0.39 is 0 Å². The molecule has 19 heavy (non-hydrogen) atoms. The highest BCUT2D eigenvalue weighted by atomic mass is 16.5. The molecule has 2 rings (SSSR count). The average Bonchev–Trinajstić information content (AvgIpc) is 2.47. The van der Waals surface area contributed by atoms with Crippen LogP contribution < -0.4 is 5.73 Å². The van der Waals surface area contributed by atoms with Gasteiger partial charge in [0.2, 0.25) is 0 Å². The monoisotopic (exact) mass is 262 g/mol. The summed E-state index contributed by atoms with van der Waals surface area (Å²) in [6, 6.07) is 9.80. The minimum Gasteiger partial charge on any atom is -0.461 e. The highest BCUT2D eigenvalue weighted by molar-refractivity contribution is 5.72. The zero-order chi connectivity index (χ0) is 13.5. The average molecular weight is 262 g/mol. The first-order chi connectivity index (χ1) is 9.29. The number of hydrogen-bond acceptors (Lipinski definition) is 4. The van der Waals surface area contributed by atoms with Crippen molar-refractivity contribution in [2.45, 2.75) is 19.4 Å². The molecule has 1 aromatic carbocycles. The molecule has 0 spiro atoms. The lowest BCUT2D eigenvalue weighted by atomic mass is 9.97. The fraction of sp³-hybridized carbons (Fsp3) is 0.533. The van der Waals surface area contributed by atoms with Gasteiger partial charge in [-0.15, -0.1) is 0 Å². The van der Waals surface area contributed by atoms with Crippen LogP contribution in [0.1, 0.15) is 18.4 Å². The molecule has 0 unspecified atom stereocenters. The lowest BCUT2D eigenvalue weighted by molar-refractivity contribution is -0.151. The molecule has 2 N–H and O–H groups in total. The third-order valence-corrected chi connectivity index (χ3v) is 3.59. The van der Waals surface area contributed by atoms with Crippen LogP contribution in [0.2, 0.25) is 0 Å². The summed E-state index contributed by atoms with van der Waals surface area (Å²) in [4.78, 5) is 14.3. The van der Waals surface area contributed by atoms with Gasteiger partial charge in [-0.1, -0.05) is 30.3 Å². The van der Waals surface area contributed by atoms with Crippen molar-refractivity contribution in [2.75, 3.05) is 26.2 Å². The molecular weight excluding hydrogens is 240 g/mol. The maximum absolute atomic E-state index is 12.0. The molecule has 0 atom stereocenters. The lowest BCUT2D eigenvalue weighted by Gasteiger charge is -2.30. The summed E-state index contributed by atoms with van der Waals surface area (Å²) in [5, 5.41) is 0. The molecule has 1 fully saturated rings. The number of carbonyl (C=O) groups excluding carboxylic acids is 1. The first-order valence-corrected chi connectivity index (χ1v) is 6.92. The van der Waals surface area contributed by atoms with E-state index in [0.29, 0.717) is 13.2 Å². The van der Waals surface area contributed by atoms with Gasteiger partial charge in [-0.3, -0.25) is 4.79 Å². The molecule has 1 saturated heterocycles. The highest BCUT2D eigenvalue weighted by Crippen LogP contribution is 2.18. The number of nitrogens with two attached hydrogens (primary N) is 1. The van der Waals surface area contributed by atoms with Crippen molar-refractivity contribution >= 4 is 5.97 Å². The van der Waals surface area contributed by atoms with E-state index in [0.717, 1.165) is 38.0 Å². The molecule has 0 aliphatic carbocycles. The van der Waals surface area contributed by atoms with Crippen LogP contribution in [0.3, 0.4) is 0 Å². The van der Waals surface area contributed by atoms with Crippen molar-refractivity contribution in [3.63, 3.8) is 0 Å². The number of likely N-dealkylation sites (tertiary alicyclic amines) is 1. The van der Waals surface area contributed by atoms with Gasteiger partial charge in [-0.25, -0.2) is 0 Å². The Labute approximate surface area is 114 Å². The summed E-state index contributed by atoms with van der Waals surface area (Å²) in [7, 11) is 0. The summed E-state index contributed by atoms with van der Waals surface area (Å²) >= 11 is 0. The van der Waals surface area contributed by atoms with Gasteiger partial charge in [0.25, 0.3) is 0 Å². The second kappa shape index (κ2) is 7.26. The van der Waals surface area contributed by atoms with E-state index in [1.165, 1.54) is 0 Å². The van der Waals surface area contributed by atoms with Gasteiger partial charge in [0.1, 0.15) is 6.61 Å². The molecule has 1 aliphatic heterocycles. The molecule has 0 aromatic heterocycles. The summed E-state index contributed by atoms with van der Waals surface area (Å²) < 4.78 is 5.38. The third-order valence-electron chi connectivity index (χ3n) is 3.59. The predicted molar refractivity (Wildman–Crippen MR) is 74.5 cm³/mol. The molecule has 4 heteroatoms. The number of carbonyl (C=O) groups is 1. The van der Waals surface area contributed by atoms with Gasteiger partial charge in [-0.2, -0.15) is 0 Å². The molecular formula is C15H22N2O2. The van der Waals surface area contributed by atoms with Crippen molar-refractivity contribution in [1.82, 2.24) is 4.90 Å². The molecule has 0 amide bonds. The van der Waals surface area contributed by atoms with Crippen molar-refractivity contribution in [2.24, 2.45) is 11.7 Å². The Morgan fingerprint density at radius 3 is 2.58 bits per heavy atom. The van der Waals surface area contributed by atoms with Crippen LogP contribution in [0.5, 0.6) is 0 Å². The number of rotatable bonds is 5. The number of esters is 1. The van der Waals surface area contributed by atoms with Crippen LogP contribution in [0.25, 0.3) is 0 Å². The van der Waals surface area contributed by atoms with Gasteiger partial charge in [0, 0.05) is 13.1 Å². The van der Waals surface area contributed by atoms with Gasteiger partial charge in [0.15, 0.2) is 0 Å². The van der Waals surface area contributed by atoms with Gasteiger partial charge in [0.05, 0.1) is 5.92 Å². The number of ether oxygens (including phenoxy) is 1. The van der Waals surface area contributed by atoms with Crippen LogP contribution in [-0.2, 0) is 16.1 Å². The Hall–Kier alpha value is -1.39. The third kappa shape index (κ3) is 4.33. The van der Waals surface area contributed by atoms with Crippen molar-refractivity contribution in [1.29, 1.82) is 0 Å². The molecule has 0 saturated carbocycles. The Balaban J connectivity index is 1.73. The minimum atomic E-state index is -0.0590. The lowest BCUT2D eigenvalue weighted by Crippen LogP contribution is -2.39. The zero-order valence-corrected chi connectivity index (χ0v) is 11.3. The molecule has 1 aliphatic rings. The second-order valence-electron chi connectivity index (χ2n) is 5.00. The number of nitrogens with zero attached hydrogens (tertiary/aromatic N) is 1. The van der Waals surface area contributed by atoms with E-state index in [2.05, 4.69) is 4.90 Å².